The summed E-state index contributed by atoms with van der Waals surface area (Å²) in [5.41, 5.74) is -0.210. The second-order valence-electron chi connectivity index (χ2n) is 5.18. The molecule has 0 aliphatic carbocycles. The molecule has 1 heterocycles. The Morgan fingerprint density at radius 2 is 2.00 bits per heavy atom. The highest BCUT2D eigenvalue weighted by Crippen LogP contribution is 2.20. The van der Waals surface area contributed by atoms with Gasteiger partial charge in [-0.3, -0.25) is 14.4 Å². The van der Waals surface area contributed by atoms with Crippen molar-refractivity contribution in [3.05, 3.63) is 23.5 Å². The van der Waals surface area contributed by atoms with Crippen molar-refractivity contribution in [2.24, 2.45) is 12.5 Å². The molecular formula is C14H20N2O4. The Kier molecular flexibility index (Phi) is 4.70. The van der Waals surface area contributed by atoms with Gasteiger partial charge in [0.25, 0.3) is 5.91 Å². The van der Waals surface area contributed by atoms with Crippen LogP contribution in [0.5, 0.6) is 0 Å². The van der Waals surface area contributed by atoms with Crippen LogP contribution in [-0.4, -0.2) is 33.9 Å². The van der Waals surface area contributed by atoms with E-state index in [0.717, 1.165) is 0 Å². The number of carboxylic acids is 1. The molecule has 0 saturated heterocycles. The van der Waals surface area contributed by atoms with Gasteiger partial charge in [-0.05, 0) is 26.3 Å². The Balaban J connectivity index is 2.82. The van der Waals surface area contributed by atoms with Crippen molar-refractivity contribution >= 4 is 17.7 Å². The summed E-state index contributed by atoms with van der Waals surface area (Å²) in [6.45, 7) is 4.81. The maximum absolute atomic E-state index is 12.1. The van der Waals surface area contributed by atoms with Crippen LogP contribution in [-0.2, 0) is 11.8 Å². The molecule has 0 aliphatic heterocycles. The molecule has 1 rings (SSSR count). The molecule has 1 atom stereocenters. The van der Waals surface area contributed by atoms with E-state index in [2.05, 4.69) is 5.32 Å². The lowest BCUT2D eigenvalue weighted by atomic mass is 9.88. The molecule has 0 aliphatic rings. The molecule has 1 aromatic rings. The molecule has 0 fully saturated rings. The van der Waals surface area contributed by atoms with Gasteiger partial charge in [-0.1, -0.05) is 6.92 Å². The van der Waals surface area contributed by atoms with Crippen molar-refractivity contribution in [1.82, 2.24) is 9.88 Å². The van der Waals surface area contributed by atoms with Crippen LogP contribution >= 0.6 is 0 Å². The largest absolute Gasteiger partial charge is 0.481 e. The number of aromatic nitrogens is 1. The molecule has 6 heteroatoms. The van der Waals surface area contributed by atoms with Crippen LogP contribution in [0.1, 0.15) is 48.0 Å². The monoisotopic (exact) mass is 280 g/mol. The molecule has 1 aromatic heterocycles. The molecule has 6 nitrogen and oxygen atoms in total. The molecule has 0 bridgehead atoms. The zero-order chi connectivity index (χ0) is 15.5. The van der Waals surface area contributed by atoms with Crippen molar-refractivity contribution in [3.8, 4) is 0 Å². The van der Waals surface area contributed by atoms with Gasteiger partial charge >= 0.3 is 5.97 Å². The number of aryl methyl sites for hydroxylation is 1. The molecule has 110 valence electrons. The van der Waals surface area contributed by atoms with Gasteiger partial charge < -0.3 is 15.0 Å². The van der Waals surface area contributed by atoms with Gasteiger partial charge in [0.15, 0.2) is 5.78 Å². The van der Waals surface area contributed by atoms with Crippen molar-refractivity contribution in [1.29, 1.82) is 0 Å². The van der Waals surface area contributed by atoms with E-state index in [9.17, 15) is 14.4 Å². The van der Waals surface area contributed by atoms with Gasteiger partial charge in [0.1, 0.15) is 5.69 Å². The lowest BCUT2D eigenvalue weighted by Crippen LogP contribution is -2.41. The van der Waals surface area contributed by atoms with E-state index in [1.54, 1.807) is 31.7 Å². The van der Waals surface area contributed by atoms with Gasteiger partial charge in [0.2, 0.25) is 0 Å². The van der Waals surface area contributed by atoms with Gasteiger partial charge in [-0.15, -0.1) is 0 Å². The number of hydrogen-bond donors (Lipinski definition) is 2. The summed E-state index contributed by atoms with van der Waals surface area (Å²) >= 11 is 0. The van der Waals surface area contributed by atoms with Gasteiger partial charge in [-0.25, -0.2) is 0 Å². The first kappa shape index (κ1) is 15.9. The van der Waals surface area contributed by atoms with E-state index >= 15 is 0 Å². The predicted octanol–water partition coefficient (Wildman–Crippen LogP) is 1.46. The number of nitrogens with one attached hydrogen (secondary N) is 1. The number of carbonyl (C=O) groups excluding carboxylic acids is 2. The molecule has 1 amide bonds. The molecule has 20 heavy (non-hydrogen) atoms. The number of amides is 1. The summed E-state index contributed by atoms with van der Waals surface area (Å²) in [4.78, 5) is 34.5. The molecule has 0 radical (unpaired) electrons. The van der Waals surface area contributed by atoms with Crippen LogP contribution in [0.25, 0.3) is 0 Å². The summed E-state index contributed by atoms with van der Waals surface area (Å²) in [5.74, 6) is -1.46. The van der Waals surface area contributed by atoms with Gasteiger partial charge in [0, 0.05) is 25.4 Å². The Morgan fingerprint density at radius 1 is 1.40 bits per heavy atom. The van der Waals surface area contributed by atoms with Gasteiger partial charge in [-0.2, -0.15) is 0 Å². The zero-order valence-corrected chi connectivity index (χ0v) is 12.2. The number of carboxylic acid groups (broad SMARTS) is 1. The van der Waals surface area contributed by atoms with E-state index in [-0.39, 0.29) is 18.2 Å². The SMILES string of the molecule is CCC(C)(CNC(=O)c1cc(C(C)=O)cn1C)C(=O)O. The number of Topliss-reactive ketones (excluding diaryl/α,β-unsaturated/α-hetero) is 1. The maximum atomic E-state index is 12.1. The van der Waals surface area contributed by atoms with E-state index < -0.39 is 11.4 Å². The number of aliphatic carboxylic acids is 1. The van der Waals surface area contributed by atoms with E-state index in [0.29, 0.717) is 17.7 Å². The average Bonchev–Trinajstić information content (AvgIpc) is 2.77. The zero-order valence-electron chi connectivity index (χ0n) is 12.2. The molecular weight excluding hydrogens is 260 g/mol. The summed E-state index contributed by atoms with van der Waals surface area (Å²) < 4.78 is 1.55. The van der Waals surface area contributed by atoms with Crippen molar-refractivity contribution < 1.29 is 19.5 Å². The van der Waals surface area contributed by atoms with Crippen molar-refractivity contribution in [3.63, 3.8) is 0 Å². The van der Waals surface area contributed by atoms with Crippen LogP contribution < -0.4 is 5.32 Å². The fraction of sp³-hybridized carbons (Fsp3) is 0.500. The van der Waals surface area contributed by atoms with Crippen molar-refractivity contribution in [2.45, 2.75) is 27.2 Å². The van der Waals surface area contributed by atoms with E-state index in [1.807, 2.05) is 0 Å². The maximum Gasteiger partial charge on any atom is 0.311 e. The molecule has 0 saturated carbocycles. The van der Waals surface area contributed by atoms with Crippen LogP contribution in [0.2, 0.25) is 0 Å². The Labute approximate surface area is 117 Å². The number of ketones is 1. The first-order chi connectivity index (χ1) is 9.21. The fourth-order valence-corrected chi connectivity index (χ4v) is 1.70. The minimum Gasteiger partial charge on any atom is -0.481 e. The van der Waals surface area contributed by atoms with Crippen LogP contribution in [0.3, 0.4) is 0 Å². The third-order valence-electron chi connectivity index (χ3n) is 3.58. The minimum absolute atomic E-state index is 0.0399. The van der Waals surface area contributed by atoms with Crippen LogP contribution in [0, 0.1) is 5.41 Å². The highest BCUT2D eigenvalue weighted by atomic mass is 16.4. The Bertz CT molecular complexity index is 547. The summed E-state index contributed by atoms with van der Waals surface area (Å²) in [5, 5.41) is 11.8. The topological polar surface area (TPSA) is 88.4 Å². The molecule has 2 N–H and O–H groups in total. The number of carbonyl (C=O) groups is 3. The second kappa shape index (κ2) is 5.90. The predicted molar refractivity (Wildman–Crippen MR) is 73.8 cm³/mol. The minimum atomic E-state index is -0.996. The van der Waals surface area contributed by atoms with Crippen molar-refractivity contribution in [2.75, 3.05) is 6.54 Å². The molecule has 0 spiro atoms. The average molecular weight is 280 g/mol. The molecule has 1 unspecified atom stereocenters. The quantitative estimate of drug-likeness (QED) is 0.772. The highest BCUT2D eigenvalue weighted by Gasteiger charge is 2.31. The third kappa shape index (κ3) is 3.26. The summed E-state index contributed by atoms with van der Waals surface area (Å²) in [7, 11) is 1.66. The number of nitrogens with zero attached hydrogens (tertiary/aromatic N) is 1. The molecule has 0 aromatic carbocycles. The lowest BCUT2D eigenvalue weighted by Gasteiger charge is -2.23. The Morgan fingerprint density at radius 3 is 2.40 bits per heavy atom. The first-order valence-electron chi connectivity index (χ1n) is 6.40. The van der Waals surface area contributed by atoms with Crippen LogP contribution in [0.4, 0.5) is 0 Å². The van der Waals surface area contributed by atoms with Gasteiger partial charge in [0.05, 0.1) is 5.41 Å². The normalized spacial score (nSPS) is 13.6. The first-order valence-corrected chi connectivity index (χ1v) is 6.40. The number of hydrogen-bond acceptors (Lipinski definition) is 3. The highest BCUT2D eigenvalue weighted by molar-refractivity contribution is 5.99. The fourth-order valence-electron chi connectivity index (χ4n) is 1.70. The Hall–Kier alpha value is -2.11. The summed E-state index contributed by atoms with van der Waals surface area (Å²) in [6, 6.07) is 1.50. The van der Waals surface area contributed by atoms with E-state index in [4.69, 9.17) is 5.11 Å². The number of rotatable bonds is 6. The lowest BCUT2D eigenvalue weighted by molar-refractivity contribution is -0.147. The smallest absolute Gasteiger partial charge is 0.311 e. The summed E-state index contributed by atoms with van der Waals surface area (Å²) in [6.07, 6.45) is 1.99. The van der Waals surface area contributed by atoms with Crippen LogP contribution in [0.15, 0.2) is 12.3 Å². The standard InChI is InChI=1S/C14H20N2O4/c1-5-14(3,13(19)20)8-15-12(18)11-6-10(9(2)17)7-16(11)4/h6-7H,5,8H2,1-4H3,(H,15,18)(H,19,20). The third-order valence-corrected chi connectivity index (χ3v) is 3.58. The van der Waals surface area contributed by atoms with E-state index in [1.165, 1.54) is 13.0 Å². The second-order valence-corrected chi connectivity index (χ2v) is 5.18.